The van der Waals surface area contributed by atoms with Crippen molar-refractivity contribution in [1.82, 2.24) is 20.9 Å². The molecule has 4 aromatic carbocycles. The van der Waals surface area contributed by atoms with Crippen molar-refractivity contribution < 1.29 is 29.0 Å². The molecule has 268 valence electrons. The number of ether oxygens (including phenoxy) is 2. The van der Waals surface area contributed by atoms with Crippen LogP contribution in [0.2, 0.25) is 0 Å². The number of likely N-dealkylation sites (N-methyl/N-ethyl adjacent to an activating group) is 3. The van der Waals surface area contributed by atoms with Crippen LogP contribution >= 0.6 is 0 Å². The normalized spacial score (nSPS) is 18.6. The first-order valence-electron chi connectivity index (χ1n) is 17.1. The number of carbonyl (C=O) groups is 3. The van der Waals surface area contributed by atoms with Crippen LogP contribution in [0.5, 0.6) is 11.5 Å². The van der Waals surface area contributed by atoms with Gasteiger partial charge in [-0.15, -0.1) is 0 Å². The number of aliphatic hydroxyl groups excluding tert-OH is 1. The van der Waals surface area contributed by atoms with Crippen molar-refractivity contribution in [1.29, 1.82) is 0 Å². The van der Waals surface area contributed by atoms with Crippen molar-refractivity contribution in [3.63, 3.8) is 0 Å². The van der Waals surface area contributed by atoms with Crippen LogP contribution in [0.3, 0.4) is 0 Å². The first-order chi connectivity index (χ1) is 24.7. The van der Waals surface area contributed by atoms with Crippen molar-refractivity contribution in [2.45, 2.75) is 56.7 Å². The van der Waals surface area contributed by atoms with Gasteiger partial charge in [0.1, 0.15) is 36.8 Å². The summed E-state index contributed by atoms with van der Waals surface area (Å²) in [7, 11) is 4.85. The van der Waals surface area contributed by atoms with Crippen molar-refractivity contribution in [2.24, 2.45) is 5.73 Å². The van der Waals surface area contributed by atoms with Crippen molar-refractivity contribution in [3.8, 4) is 22.6 Å². The Labute approximate surface area is 299 Å². The minimum absolute atomic E-state index is 0.0551. The summed E-state index contributed by atoms with van der Waals surface area (Å²) in [6.45, 7) is 0.827. The number of primary amides is 1. The maximum atomic E-state index is 14.1. The van der Waals surface area contributed by atoms with Gasteiger partial charge in [0.2, 0.25) is 17.7 Å². The van der Waals surface area contributed by atoms with E-state index >= 15 is 0 Å². The number of benzene rings is 4. The summed E-state index contributed by atoms with van der Waals surface area (Å²) in [5.41, 5.74) is 11.1. The lowest BCUT2D eigenvalue weighted by Gasteiger charge is -2.32. The van der Waals surface area contributed by atoms with Crippen LogP contribution in [-0.2, 0) is 40.4 Å². The van der Waals surface area contributed by atoms with E-state index in [1.54, 1.807) is 14.1 Å². The number of nitrogens with two attached hydrogens (primary N) is 1. The van der Waals surface area contributed by atoms with E-state index in [9.17, 15) is 19.5 Å². The first kappa shape index (κ1) is 37.0. The molecular formula is C40H47N5O6. The monoisotopic (exact) mass is 693 g/mol. The second-order valence-electron chi connectivity index (χ2n) is 12.8. The molecule has 0 saturated carbocycles. The summed E-state index contributed by atoms with van der Waals surface area (Å²) in [4.78, 5) is 42.3. The molecule has 4 aromatic rings. The molecule has 4 bridgehead atoms. The lowest BCUT2D eigenvalue weighted by Crippen LogP contribution is -2.57. The van der Waals surface area contributed by atoms with Gasteiger partial charge in [0, 0.05) is 32.9 Å². The molecule has 1 aliphatic rings. The van der Waals surface area contributed by atoms with Gasteiger partial charge in [-0.25, -0.2) is 0 Å². The fourth-order valence-electron chi connectivity index (χ4n) is 6.26. The van der Waals surface area contributed by atoms with Crippen molar-refractivity contribution in [3.05, 3.63) is 119 Å². The minimum Gasteiger partial charge on any atom is -0.489 e. The Bertz CT molecular complexity index is 1790. The Kier molecular flexibility index (Phi) is 12.8. The third-order valence-corrected chi connectivity index (χ3v) is 9.14. The zero-order valence-electron chi connectivity index (χ0n) is 29.3. The Morgan fingerprint density at radius 2 is 1.39 bits per heavy atom. The molecule has 5 rings (SSSR count). The van der Waals surface area contributed by atoms with Gasteiger partial charge in [-0.05, 0) is 71.7 Å². The first-order valence-corrected chi connectivity index (χ1v) is 17.1. The molecule has 4 atom stereocenters. The van der Waals surface area contributed by atoms with Gasteiger partial charge >= 0.3 is 0 Å². The van der Waals surface area contributed by atoms with Crippen LogP contribution in [0.4, 0.5) is 0 Å². The topological polar surface area (TPSA) is 155 Å². The second-order valence-corrected chi connectivity index (χ2v) is 12.8. The maximum absolute atomic E-state index is 14.1. The molecule has 1 heterocycles. The minimum atomic E-state index is -1.14. The largest absolute Gasteiger partial charge is 0.489 e. The number of fused-ring (bicyclic) bond motifs is 5. The quantitative estimate of drug-likeness (QED) is 0.152. The van der Waals surface area contributed by atoms with Crippen LogP contribution in [0.15, 0.2) is 97.1 Å². The van der Waals surface area contributed by atoms with E-state index in [4.69, 9.17) is 15.2 Å². The van der Waals surface area contributed by atoms with Gasteiger partial charge in [0.05, 0.1) is 12.1 Å². The van der Waals surface area contributed by atoms with E-state index in [1.165, 1.54) is 11.9 Å². The van der Waals surface area contributed by atoms with E-state index in [1.807, 2.05) is 97.1 Å². The van der Waals surface area contributed by atoms with Crippen LogP contribution in [-0.4, -0.2) is 79.6 Å². The average molecular weight is 694 g/mol. The highest BCUT2D eigenvalue weighted by Crippen LogP contribution is 2.33. The fraction of sp³-hybridized carbons (Fsp3) is 0.325. The van der Waals surface area contributed by atoms with E-state index in [0.717, 1.165) is 27.8 Å². The zero-order chi connectivity index (χ0) is 36.3. The Balaban J connectivity index is 1.60. The number of rotatable bonds is 12. The number of amides is 3. The number of aliphatic hydroxyl groups is 1. The predicted octanol–water partition coefficient (Wildman–Crippen LogP) is 2.97. The molecule has 51 heavy (non-hydrogen) atoms. The molecule has 11 nitrogen and oxygen atoms in total. The van der Waals surface area contributed by atoms with Gasteiger partial charge in [-0.1, -0.05) is 72.8 Å². The highest BCUT2D eigenvalue weighted by atomic mass is 16.5. The lowest BCUT2D eigenvalue weighted by atomic mass is 9.95. The summed E-state index contributed by atoms with van der Waals surface area (Å²) in [6, 6.07) is 28.2. The third-order valence-electron chi connectivity index (χ3n) is 9.14. The van der Waals surface area contributed by atoms with Gasteiger partial charge < -0.3 is 41.2 Å². The maximum Gasteiger partial charge on any atom is 0.245 e. The molecule has 0 radical (unpaired) electrons. The zero-order valence-corrected chi connectivity index (χ0v) is 29.3. The number of hydrogen-bond acceptors (Lipinski definition) is 8. The highest BCUT2D eigenvalue weighted by molar-refractivity contribution is 5.93. The molecule has 0 unspecified atom stereocenters. The van der Waals surface area contributed by atoms with Gasteiger partial charge in [0.25, 0.3) is 0 Å². The number of nitrogens with one attached hydrogen (secondary N) is 3. The van der Waals surface area contributed by atoms with Crippen LogP contribution in [0, 0.1) is 0 Å². The molecule has 0 saturated heterocycles. The summed E-state index contributed by atoms with van der Waals surface area (Å²) in [5, 5.41) is 19.6. The Morgan fingerprint density at radius 3 is 1.88 bits per heavy atom. The number of nitrogens with zero attached hydrogens (tertiary/aromatic N) is 1. The van der Waals surface area contributed by atoms with Crippen molar-refractivity contribution in [2.75, 3.05) is 27.7 Å². The van der Waals surface area contributed by atoms with E-state index < -0.39 is 42.0 Å². The summed E-state index contributed by atoms with van der Waals surface area (Å²) in [5.74, 6) is -0.545. The van der Waals surface area contributed by atoms with Crippen LogP contribution in [0.25, 0.3) is 11.1 Å². The summed E-state index contributed by atoms with van der Waals surface area (Å²) >= 11 is 0. The molecule has 0 aliphatic carbocycles. The van der Waals surface area contributed by atoms with Crippen LogP contribution in [0.1, 0.15) is 28.7 Å². The second kappa shape index (κ2) is 17.6. The van der Waals surface area contributed by atoms with Gasteiger partial charge in [-0.3, -0.25) is 14.4 Å². The van der Waals surface area contributed by atoms with E-state index in [-0.39, 0.29) is 25.8 Å². The van der Waals surface area contributed by atoms with Gasteiger partial charge in [0.15, 0.2) is 0 Å². The predicted molar refractivity (Wildman–Crippen MR) is 196 cm³/mol. The lowest BCUT2D eigenvalue weighted by molar-refractivity contribution is -0.141. The Morgan fingerprint density at radius 1 is 0.863 bits per heavy atom. The highest BCUT2D eigenvalue weighted by Gasteiger charge is 2.34. The van der Waals surface area contributed by atoms with E-state index in [2.05, 4.69) is 16.0 Å². The molecule has 6 N–H and O–H groups in total. The summed E-state index contributed by atoms with van der Waals surface area (Å²) < 4.78 is 12.6. The molecule has 0 aromatic heterocycles. The Hall–Kier alpha value is -5.23. The number of carbonyl (C=O) groups excluding carboxylic acids is 3. The molecule has 1 aliphatic heterocycles. The standard InChI is InChI=1S/C40H47N5O6/c1-42-23-32(46)22-34-40(49)45(3)35(38(41)47)21-31-19-29(15-17-37(31)51-25-27-12-8-5-9-13-27)28-14-16-36(50-24-26-10-6-4-7-11-26)30(18-28)20-33(43-2)39(48)44-34/h4-19,32-35,42-43,46H,20-25H2,1-3H3,(H2,41,47)(H,44,48)/t32-,33+,34+,35+/m1/s1. The molecule has 11 heteroatoms. The van der Waals surface area contributed by atoms with E-state index in [0.29, 0.717) is 30.3 Å². The SMILES string of the molecule is CNC[C@H](O)C[C@@H]1NC(=O)[C@@H](NC)Cc2cc(ccc2OCc2ccccc2)-c2ccc(OCc3ccccc3)c(c2)C[C@@H](C(N)=O)N(C)C1=O. The van der Waals surface area contributed by atoms with Crippen LogP contribution < -0.4 is 31.2 Å². The molecule has 3 amide bonds. The summed E-state index contributed by atoms with van der Waals surface area (Å²) in [6.07, 6.45) is -0.742. The fourth-order valence-corrected chi connectivity index (χ4v) is 6.26. The molecule has 0 fully saturated rings. The van der Waals surface area contributed by atoms with Gasteiger partial charge in [-0.2, -0.15) is 0 Å². The van der Waals surface area contributed by atoms with Crippen molar-refractivity contribution >= 4 is 17.7 Å². The number of hydrogen-bond donors (Lipinski definition) is 5. The average Bonchev–Trinajstić information content (AvgIpc) is 3.14. The molecular weight excluding hydrogens is 646 g/mol. The third kappa shape index (κ3) is 9.72. The smallest absolute Gasteiger partial charge is 0.245 e. The molecule has 0 spiro atoms.